The summed E-state index contributed by atoms with van der Waals surface area (Å²) in [5.74, 6) is -0.872. The van der Waals surface area contributed by atoms with Crippen molar-refractivity contribution in [3.05, 3.63) is 77.6 Å². The van der Waals surface area contributed by atoms with Crippen molar-refractivity contribution in [2.24, 2.45) is 4.99 Å². The summed E-state index contributed by atoms with van der Waals surface area (Å²) >= 11 is 0. The molecule has 3 aromatic rings. The van der Waals surface area contributed by atoms with Gasteiger partial charge in [-0.05, 0) is 30.3 Å². The number of carbonyl (C=O) groups excluding carboxylic acids is 3. The maximum absolute atomic E-state index is 12.4. The molecule has 31 heavy (non-hydrogen) atoms. The molecule has 1 amide bonds. The highest BCUT2D eigenvalue weighted by Crippen LogP contribution is 2.26. The van der Waals surface area contributed by atoms with Gasteiger partial charge in [-0.1, -0.05) is 30.3 Å². The summed E-state index contributed by atoms with van der Waals surface area (Å²) in [5.41, 5.74) is 3.24. The minimum atomic E-state index is -0.601. The highest BCUT2D eigenvalue weighted by molar-refractivity contribution is 6.13. The fourth-order valence-corrected chi connectivity index (χ4v) is 3.05. The third-order valence-corrected chi connectivity index (χ3v) is 4.48. The number of hydrogen-bond donors (Lipinski definition) is 1. The molecule has 4 rings (SSSR count). The Balaban J connectivity index is 1.69. The van der Waals surface area contributed by atoms with Crippen LogP contribution in [-0.2, 0) is 14.3 Å². The Morgan fingerprint density at radius 3 is 2.35 bits per heavy atom. The van der Waals surface area contributed by atoms with E-state index in [0.717, 1.165) is 5.56 Å². The van der Waals surface area contributed by atoms with E-state index in [9.17, 15) is 14.4 Å². The topological polar surface area (TPSA) is 103 Å². The van der Waals surface area contributed by atoms with Crippen LogP contribution in [0.3, 0.4) is 0 Å². The SMILES string of the molecule is CC(=O)Nc1ccc(C2=N/C(=C\c3cn(C(C)=O)nc3-c3ccccc3)C(=O)O2)cc1. The maximum Gasteiger partial charge on any atom is 0.363 e. The molecule has 1 aliphatic rings. The largest absolute Gasteiger partial charge is 0.402 e. The molecule has 0 bridgehead atoms. The van der Waals surface area contributed by atoms with Gasteiger partial charge in [-0.3, -0.25) is 9.59 Å². The number of aromatic nitrogens is 2. The van der Waals surface area contributed by atoms with Crippen molar-refractivity contribution >= 4 is 35.4 Å². The summed E-state index contributed by atoms with van der Waals surface area (Å²) in [6.45, 7) is 2.83. The zero-order valence-corrected chi connectivity index (χ0v) is 16.8. The second-order valence-corrected chi connectivity index (χ2v) is 6.86. The minimum Gasteiger partial charge on any atom is -0.402 e. The highest BCUT2D eigenvalue weighted by Gasteiger charge is 2.25. The molecular weight excluding hydrogens is 396 g/mol. The lowest BCUT2D eigenvalue weighted by molar-refractivity contribution is -0.129. The lowest BCUT2D eigenvalue weighted by Gasteiger charge is -2.03. The van der Waals surface area contributed by atoms with Crippen LogP contribution in [0.15, 0.2) is 71.5 Å². The van der Waals surface area contributed by atoms with Crippen LogP contribution in [0, 0.1) is 0 Å². The molecule has 1 aromatic heterocycles. The normalized spacial score (nSPS) is 14.3. The van der Waals surface area contributed by atoms with Gasteiger partial charge < -0.3 is 10.1 Å². The molecular formula is C23H18N4O4. The van der Waals surface area contributed by atoms with E-state index in [1.165, 1.54) is 18.5 Å². The zero-order valence-electron chi connectivity index (χ0n) is 16.8. The first-order valence-corrected chi connectivity index (χ1v) is 9.47. The van der Waals surface area contributed by atoms with Gasteiger partial charge in [0.05, 0.1) is 0 Å². The Bertz CT molecular complexity index is 1240. The van der Waals surface area contributed by atoms with Gasteiger partial charge in [-0.2, -0.15) is 5.10 Å². The fraction of sp³-hybridized carbons (Fsp3) is 0.0870. The number of nitrogens with one attached hydrogen (secondary N) is 1. The van der Waals surface area contributed by atoms with Crippen LogP contribution >= 0.6 is 0 Å². The number of esters is 1. The van der Waals surface area contributed by atoms with Gasteiger partial charge in [-0.25, -0.2) is 14.5 Å². The van der Waals surface area contributed by atoms with Gasteiger partial charge in [0.15, 0.2) is 5.70 Å². The molecule has 0 radical (unpaired) electrons. The van der Waals surface area contributed by atoms with Crippen LogP contribution in [0.25, 0.3) is 17.3 Å². The van der Waals surface area contributed by atoms with Crippen molar-refractivity contribution in [2.75, 3.05) is 5.32 Å². The molecule has 0 saturated carbocycles. The first-order chi connectivity index (χ1) is 14.9. The molecule has 8 nitrogen and oxygen atoms in total. The van der Waals surface area contributed by atoms with Crippen molar-refractivity contribution < 1.29 is 19.1 Å². The quantitative estimate of drug-likeness (QED) is 0.520. The van der Waals surface area contributed by atoms with Crippen LogP contribution in [0.2, 0.25) is 0 Å². The number of rotatable bonds is 4. The van der Waals surface area contributed by atoms with Crippen molar-refractivity contribution in [1.29, 1.82) is 0 Å². The van der Waals surface area contributed by atoms with Gasteiger partial charge in [-0.15, -0.1) is 0 Å². The Labute approximate surface area is 177 Å². The van der Waals surface area contributed by atoms with E-state index in [1.54, 1.807) is 36.5 Å². The molecule has 1 aliphatic heterocycles. The number of benzene rings is 2. The fourth-order valence-electron chi connectivity index (χ4n) is 3.05. The third-order valence-electron chi connectivity index (χ3n) is 4.48. The smallest absolute Gasteiger partial charge is 0.363 e. The Hall–Kier alpha value is -4.33. The number of hydrogen-bond acceptors (Lipinski definition) is 6. The van der Waals surface area contributed by atoms with Gasteiger partial charge in [0, 0.05) is 42.4 Å². The molecule has 2 aromatic carbocycles. The summed E-state index contributed by atoms with van der Waals surface area (Å²) in [7, 11) is 0. The maximum atomic E-state index is 12.4. The van der Waals surface area contributed by atoms with Crippen LogP contribution in [0.1, 0.15) is 29.8 Å². The summed E-state index contributed by atoms with van der Waals surface area (Å²) in [6.07, 6.45) is 3.11. The van der Waals surface area contributed by atoms with Crippen LogP contribution < -0.4 is 5.32 Å². The molecule has 0 fully saturated rings. The number of cyclic esters (lactones) is 1. The standard InChI is InChI=1S/C23H18N4O4/c1-14(28)24-19-10-8-17(9-11-19)22-25-20(23(30)31-22)12-18-13-27(15(2)29)26-21(18)16-6-4-3-5-7-16/h3-13H,1-2H3,(H,24,28)/b20-12-. The van der Waals surface area contributed by atoms with Gasteiger partial charge in [0.1, 0.15) is 5.69 Å². The van der Waals surface area contributed by atoms with Crippen LogP contribution in [-0.4, -0.2) is 33.5 Å². The van der Waals surface area contributed by atoms with E-state index >= 15 is 0 Å². The average molecular weight is 414 g/mol. The molecule has 0 spiro atoms. The van der Waals surface area contributed by atoms with E-state index in [0.29, 0.717) is 22.5 Å². The zero-order chi connectivity index (χ0) is 22.0. The molecule has 154 valence electrons. The summed E-state index contributed by atoms with van der Waals surface area (Å²) in [6, 6.07) is 16.1. The minimum absolute atomic E-state index is 0.0984. The second-order valence-electron chi connectivity index (χ2n) is 6.86. The number of carbonyl (C=O) groups is 3. The molecule has 0 saturated heterocycles. The summed E-state index contributed by atoms with van der Waals surface area (Å²) in [5, 5.41) is 7.02. The number of aliphatic imine (C=N–C) groups is 1. The molecule has 2 heterocycles. The van der Waals surface area contributed by atoms with Gasteiger partial charge >= 0.3 is 5.97 Å². The van der Waals surface area contributed by atoms with E-state index in [1.807, 2.05) is 30.3 Å². The summed E-state index contributed by atoms with van der Waals surface area (Å²) in [4.78, 5) is 39.7. The molecule has 8 heteroatoms. The Morgan fingerprint density at radius 1 is 1.00 bits per heavy atom. The molecule has 1 N–H and O–H groups in total. The first-order valence-electron chi connectivity index (χ1n) is 9.47. The average Bonchev–Trinajstić information content (AvgIpc) is 3.33. The predicted molar refractivity (Wildman–Crippen MR) is 115 cm³/mol. The number of amides is 1. The van der Waals surface area contributed by atoms with E-state index in [4.69, 9.17) is 4.74 Å². The van der Waals surface area contributed by atoms with E-state index in [2.05, 4.69) is 15.4 Å². The van der Waals surface area contributed by atoms with E-state index in [-0.39, 0.29) is 23.4 Å². The van der Waals surface area contributed by atoms with Crippen molar-refractivity contribution in [1.82, 2.24) is 9.78 Å². The van der Waals surface area contributed by atoms with Crippen LogP contribution in [0.4, 0.5) is 5.69 Å². The van der Waals surface area contributed by atoms with E-state index < -0.39 is 5.97 Å². The van der Waals surface area contributed by atoms with Crippen molar-refractivity contribution in [3.63, 3.8) is 0 Å². The predicted octanol–water partition coefficient (Wildman–Crippen LogP) is 3.51. The highest BCUT2D eigenvalue weighted by atomic mass is 16.6. The van der Waals surface area contributed by atoms with Gasteiger partial charge in [0.2, 0.25) is 17.7 Å². The van der Waals surface area contributed by atoms with Crippen molar-refractivity contribution in [3.8, 4) is 11.3 Å². The lowest BCUT2D eigenvalue weighted by Crippen LogP contribution is -2.07. The van der Waals surface area contributed by atoms with Gasteiger partial charge in [0.25, 0.3) is 0 Å². The molecule has 0 unspecified atom stereocenters. The van der Waals surface area contributed by atoms with Crippen molar-refractivity contribution in [2.45, 2.75) is 13.8 Å². The Morgan fingerprint density at radius 2 is 1.71 bits per heavy atom. The summed E-state index contributed by atoms with van der Waals surface area (Å²) < 4.78 is 6.54. The molecule has 0 atom stereocenters. The first kappa shape index (κ1) is 20.0. The Kier molecular flexibility index (Phi) is 5.28. The second kappa shape index (κ2) is 8.19. The monoisotopic (exact) mass is 414 g/mol. The van der Waals surface area contributed by atoms with Crippen LogP contribution in [0.5, 0.6) is 0 Å². The number of nitrogens with zero attached hydrogens (tertiary/aromatic N) is 3. The lowest BCUT2D eigenvalue weighted by atomic mass is 10.1. The number of anilines is 1. The third kappa shape index (κ3) is 4.32. The molecule has 0 aliphatic carbocycles. The number of ether oxygens (including phenoxy) is 1.